The van der Waals surface area contributed by atoms with Gasteiger partial charge in [0.25, 0.3) is 0 Å². The zero-order valence-corrected chi connectivity index (χ0v) is 19.7. The molecule has 0 aliphatic rings. The monoisotopic (exact) mass is 432 g/mol. The van der Waals surface area contributed by atoms with Crippen molar-refractivity contribution >= 4 is 27.6 Å². The number of furan rings is 1. The summed E-state index contributed by atoms with van der Waals surface area (Å²) in [5.41, 5.74) is 9.11. The average Bonchev–Trinajstić information content (AvgIpc) is 3.18. The SMILES string of the molecule is [2H]C(C)(C)c1cc(C)[n+](C)c(-c2c(C)ccc3c2oc2c(-c4ccccc4)c([N+]#[C-])ccc23)c1. The molecular weight excluding hydrogens is 404 g/mol. The molecule has 0 aliphatic heterocycles. The third-order valence-corrected chi connectivity index (χ3v) is 6.56. The number of hydrogen-bond acceptors (Lipinski definition) is 1. The normalized spacial score (nSPS) is 12.2. The maximum Gasteiger partial charge on any atom is 0.216 e. The molecule has 0 unspecified atom stereocenters. The smallest absolute Gasteiger partial charge is 0.216 e. The van der Waals surface area contributed by atoms with Gasteiger partial charge in [0.2, 0.25) is 5.69 Å². The van der Waals surface area contributed by atoms with Crippen LogP contribution in [0, 0.1) is 20.4 Å². The van der Waals surface area contributed by atoms with Crippen molar-refractivity contribution in [3.8, 4) is 22.4 Å². The van der Waals surface area contributed by atoms with Crippen LogP contribution in [0.15, 0.2) is 71.1 Å². The molecule has 0 aliphatic carbocycles. The van der Waals surface area contributed by atoms with Gasteiger partial charge in [0.15, 0.2) is 11.4 Å². The first-order valence-corrected chi connectivity index (χ1v) is 11.1. The van der Waals surface area contributed by atoms with Gasteiger partial charge < -0.3 is 4.42 Å². The van der Waals surface area contributed by atoms with Crippen molar-refractivity contribution in [2.24, 2.45) is 7.05 Å². The molecule has 5 rings (SSSR count). The summed E-state index contributed by atoms with van der Waals surface area (Å²) in [4.78, 5) is 3.79. The van der Waals surface area contributed by atoms with Crippen LogP contribution in [0.4, 0.5) is 5.69 Å². The average molecular weight is 433 g/mol. The summed E-state index contributed by atoms with van der Waals surface area (Å²) in [7, 11) is 2.05. The van der Waals surface area contributed by atoms with Crippen LogP contribution in [0.2, 0.25) is 0 Å². The first-order chi connectivity index (χ1) is 16.2. The maximum absolute atomic E-state index is 8.61. The topological polar surface area (TPSA) is 21.4 Å². The molecule has 0 bridgehead atoms. The zero-order valence-electron chi connectivity index (χ0n) is 20.7. The van der Waals surface area contributed by atoms with Crippen molar-refractivity contribution < 1.29 is 10.4 Å². The molecule has 2 heterocycles. The highest BCUT2D eigenvalue weighted by Crippen LogP contribution is 2.44. The van der Waals surface area contributed by atoms with Gasteiger partial charge in [-0.25, -0.2) is 4.85 Å². The molecule has 0 spiro atoms. The van der Waals surface area contributed by atoms with Crippen LogP contribution in [0.1, 0.15) is 37.9 Å². The molecular formula is C30H27N2O+. The van der Waals surface area contributed by atoms with Crippen molar-refractivity contribution in [3.63, 3.8) is 0 Å². The summed E-state index contributed by atoms with van der Waals surface area (Å²) in [6.07, 6.45) is 0. The summed E-state index contributed by atoms with van der Waals surface area (Å²) in [5.74, 6) is -0.714. The Morgan fingerprint density at radius 3 is 2.24 bits per heavy atom. The maximum atomic E-state index is 8.61. The van der Waals surface area contributed by atoms with Gasteiger partial charge in [0.1, 0.15) is 18.2 Å². The second-order valence-corrected chi connectivity index (χ2v) is 8.88. The lowest BCUT2D eigenvalue weighted by atomic mass is 9.95. The number of fused-ring (bicyclic) bond motifs is 3. The fourth-order valence-electron chi connectivity index (χ4n) is 4.61. The molecule has 0 amide bonds. The van der Waals surface area contributed by atoms with Gasteiger partial charge >= 0.3 is 0 Å². The predicted molar refractivity (Wildman–Crippen MR) is 136 cm³/mol. The van der Waals surface area contributed by atoms with Gasteiger partial charge in [-0.05, 0) is 29.5 Å². The highest BCUT2D eigenvalue weighted by Gasteiger charge is 2.24. The van der Waals surface area contributed by atoms with E-state index in [1.165, 1.54) is 0 Å². The Hall–Kier alpha value is -3.90. The minimum atomic E-state index is -0.714. The molecule has 3 nitrogen and oxygen atoms in total. The number of aryl methyl sites for hydroxylation is 2. The van der Waals surface area contributed by atoms with Crippen LogP contribution in [0.5, 0.6) is 0 Å². The second kappa shape index (κ2) is 7.90. The van der Waals surface area contributed by atoms with E-state index in [2.05, 4.69) is 54.6 Å². The second-order valence-electron chi connectivity index (χ2n) is 8.88. The van der Waals surface area contributed by atoms with Crippen molar-refractivity contribution in [1.29, 1.82) is 0 Å². The van der Waals surface area contributed by atoms with Crippen molar-refractivity contribution in [3.05, 3.63) is 95.0 Å². The van der Waals surface area contributed by atoms with E-state index in [4.69, 9.17) is 12.4 Å². The fourth-order valence-corrected chi connectivity index (χ4v) is 4.61. The molecule has 0 fully saturated rings. The Labute approximate surface area is 196 Å². The Bertz CT molecular complexity index is 1620. The van der Waals surface area contributed by atoms with Crippen molar-refractivity contribution in [2.45, 2.75) is 33.6 Å². The van der Waals surface area contributed by atoms with E-state index < -0.39 is 5.89 Å². The molecule has 0 N–H and O–H groups in total. The van der Waals surface area contributed by atoms with Gasteiger partial charge in [-0.3, -0.25) is 0 Å². The summed E-state index contributed by atoms with van der Waals surface area (Å²) in [6.45, 7) is 15.7. The predicted octanol–water partition coefficient (Wildman–Crippen LogP) is 8.04. The number of benzene rings is 3. The summed E-state index contributed by atoms with van der Waals surface area (Å²) >= 11 is 0. The molecule has 0 radical (unpaired) electrons. The molecule has 0 saturated heterocycles. The third kappa shape index (κ3) is 3.31. The molecule has 33 heavy (non-hydrogen) atoms. The van der Waals surface area contributed by atoms with E-state index in [-0.39, 0.29) is 0 Å². The summed E-state index contributed by atoms with van der Waals surface area (Å²) in [6, 6.07) is 22.3. The van der Waals surface area contributed by atoms with Crippen LogP contribution in [-0.4, -0.2) is 0 Å². The van der Waals surface area contributed by atoms with Gasteiger partial charge in [-0.15, -0.1) is 0 Å². The minimum absolute atomic E-state index is 0.579. The number of aromatic nitrogens is 1. The van der Waals surface area contributed by atoms with E-state index in [0.29, 0.717) is 5.69 Å². The van der Waals surface area contributed by atoms with Gasteiger partial charge in [0, 0.05) is 36.8 Å². The zero-order chi connectivity index (χ0) is 24.2. The Morgan fingerprint density at radius 2 is 1.58 bits per heavy atom. The Morgan fingerprint density at radius 1 is 0.909 bits per heavy atom. The Kier molecular flexibility index (Phi) is 4.73. The molecule has 3 heteroatoms. The standard InChI is InChI=1S/C30H27N2O/c1-18(2)22-16-20(4)32(6)26(17-22)27-19(3)12-13-23-24-14-15-25(31-5)28(30(24)33-29(23)27)21-10-8-7-9-11-21/h7-18H,1-4,6H3/q+1/i18D. The van der Waals surface area contributed by atoms with E-state index in [1.807, 2.05) is 56.3 Å². The van der Waals surface area contributed by atoms with Gasteiger partial charge in [0.05, 0.1) is 12.1 Å². The molecule has 3 aromatic carbocycles. The third-order valence-electron chi connectivity index (χ3n) is 6.56. The lowest BCUT2D eigenvalue weighted by Crippen LogP contribution is -2.35. The van der Waals surface area contributed by atoms with Gasteiger partial charge in [-0.2, -0.15) is 4.57 Å². The van der Waals surface area contributed by atoms with E-state index >= 15 is 0 Å². The lowest BCUT2D eigenvalue weighted by Gasteiger charge is -2.11. The van der Waals surface area contributed by atoms with Gasteiger partial charge in [-0.1, -0.05) is 68.4 Å². The first kappa shape index (κ1) is 19.8. The first-order valence-electron chi connectivity index (χ1n) is 11.6. The van der Waals surface area contributed by atoms with Crippen LogP contribution in [-0.2, 0) is 7.05 Å². The molecule has 162 valence electrons. The van der Waals surface area contributed by atoms with Crippen LogP contribution < -0.4 is 4.57 Å². The number of pyridine rings is 1. The fraction of sp³-hybridized carbons (Fsp3) is 0.200. The van der Waals surface area contributed by atoms with E-state index in [1.54, 1.807) is 0 Å². The minimum Gasteiger partial charge on any atom is -0.456 e. The van der Waals surface area contributed by atoms with Crippen molar-refractivity contribution in [2.75, 3.05) is 0 Å². The number of nitrogens with zero attached hydrogens (tertiary/aromatic N) is 2. The molecule has 2 aromatic heterocycles. The Balaban J connectivity index is 1.91. The highest BCUT2D eigenvalue weighted by molar-refractivity contribution is 6.15. The van der Waals surface area contributed by atoms with E-state index in [9.17, 15) is 0 Å². The quantitative estimate of drug-likeness (QED) is 0.209. The lowest BCUT2D eigenvalue weighted by molar-refractivity contribution is -0.666. The molecule has 0 atom stereocenters. The largest absolute Gasteiger partial charge is 0.456 e. The summed E-state index contributed by atoms with van der Waals surface area (Å²) < 4.78 is 17.4. The molecule has 0 saturated carbocycles. The summed E-state index contributed by atoms with van der Waals surface area (Å²) in [5, 5.41) is 2.02. The van der Waals surface area contributed by atoms with E-state index in [0.717, 1.165) is 61.1 Å². The van der Waals surface area contributed by atoms with Crippen molar-refractivity contribution in [1.82, 2.24) is 0 Å². The van der Waals surface area contributed by atoms with Crippen LogP contribution in [0.25, 0.3) is 49.2 Å². The number of hydrogen-bond donors (Lipinski definition) is 0. The van der Waals surface area contributed by atoms with Crippen LogP contribution in [0.3, 0.4) is 0 Å². The number of rotatable bonds is 3. The molecule has 5 aromatic rings. The highest BCUT2D eigenvalue weighted by atomic mass is 16.3. The van der Waals surface area contributed by atoms with Crippen LogP contribution >= 0.6 is 0 Å².